The maximum absolute atomic E-state index is 13.4. The Labute approximate surface area is 207 Å². The van der Waals surface area contributed by atoms with E-state index in [2.05, 4.69) is 5.32 Å². The number of fused-ring (bicyclic) bond motifs is 1. The Kier molecular flexibility index (Phi) is 8.67. The quantitative estimate of drug-likeness (QED) is 0.478. The highest BCUT2D eigenvalue weighted by Crippen LogP contribution is 2.30. The fraction of sp³-hybridized carbons (Fsp3) is 0.423. The van der Waals surface area contributed by atoms with Gasteiger partial charge in [-0.3, -0.25) is 14.4 Å². The summed E-state index contributed by atoms with van der Waals surface area (Å²) in [6.45, 7) is 6.28. The topological polar surface area (TPSA) is 104 Å². The van der Waals surface area contributed by atoms with Gasteiger partial charge >= 0.3 is 0 Å². The summed E-state index contributed by atoms with van der Waals surface area (Å²) in [4.78, 5) is 40.5. The first-order chi connectivity index (χ1) is 16.7. The van der Waals surface area contributed by atoms with Crippen LogP contribution in [0.15, 0.2) is 53.4 Å². The van der Waals surface area contributed by atoms with Crippen molar-refractivity contribution in [3.05, 3.63) is 65.2 Å². The Bertz CT molecular complexity index is 1180. The van der Waals surface area contributed by atoms with Gasteiger partial charge in [-0.25, -0.2) is 12.7 Å². The molecule has 1 heterocycles. The van der Waals surface area contributed by atoms with Crippen LogP contribution < -0.4 is 5.32 Å². The molecule has 188 valence electrons. The van der Waals surface area contributed by atoms with E-state index in [0.29, 0.717) is 13.0 Å². The summed E-state index contributed by atoms with van der Waals surface area (Å²) in [5.74, 6) is -1.26. The van der Waals surface area contributed by atoms with Crippen molar-refractivity contribution in [3.63, 3.8) is 0 Å². The van der Waals surface area contributed by atoms with E-state index in [1.165, 1.54) is 17.0 Å². The largest absolute Gasteiger partial charge is 0.354 e. The first-order valence-corrected chi connectivity index (χ1v) is 13.4. The number of unbranched alkanes of at least 4 members (excludes halogenated alkanes) is 1. The SMILES string of the molecule is CCCCNC(=O)C(CC)N(Cc1ccc(C)cc1)C(=O)CCN1C(=O)c2ccccc2S1(=O)=O. The second kappa shape index (κ2) is 11.5. The number of sulfonamides is 1. The highest BCUT2D eigenvalue weighted by molar-refractivity contribution is 7.90. The van der Waals surface area contributed by atoms with Crippen molar-refractivity contribution in [3.8, 4) is 0 Å². The van der Waals surface area contributed by atoms with Crippen molar-refractivity contribution in [1.29, 1.82) is 0 Å². The maximum Gasteiger partial charge on any atom is 0.269 e. The van der Waals surface area contributed by atoms with E-state index in [-0.39, 0.29) is 41.8 Å². The number of rotatable bonds is 11. The van der Waals surface area contributed by atoms with Crippen molar-refractivity contribution in [1.82, 2.24) is 14.5 Å². The number of carbonyl (C=O) groups is 3. The number of amides is 3. The van der Waals surface area contributed by atoms with Crippen LogP contribution in [-0.4, -0.2) is 54.5 Å². The van der Waals surface area contributed by atoms with E-state index in [1.54, 1.807) is 12.1 Å². The zero-order valence-electron chi connectivity index (χ0n) is 20.5. The predicted molar refractivity (Wildman–Crippen MR) is 133 cm³/mol. The van der Waals surface area contributed by atoms with Gasteiger partial charge in [-0.15, -0.1) is 0 Å². The molecule has 2 aromatic carbocycles. The summed E-state index contributed by atoms with van der Waals surface area (Å²) in [7, 11) is -4.00. The molecule has 0 radical (unpaired) electrons. The molecule has 8 nitrogen and oxygen atoms in total. The second-order valence-electron chi connectivity index (χ2n) is 8.70. The highest BCUT2D eigenvalue weighted by Gasteiger charge is 2.41. The normalized spacial score (nSPS) is 14.9. The van der Waals surface area contributed by atoms with E-state index in [1.807, 2.05) is 45.0 Å². The van der Waals surface area contributed by atoms with E-state index >= 15 is 0 Å². The molecule has 3 rings (SSSR count). The van der Waals surface area contributed by atoms with E-state index in [0.717, 1.165) is 28.3 Å². The lowest BCUT2D eigenvalue weighted by Crippen LogP contribution is -2.49. The molecule has 0 aliphatic carbocycles. The third-order valence-corrected chi connectivity index (χ3v) is 7.97. The number of aryl methyl sites for hydroxylation is 1. The Balaban J connectivity index is 1.80. The molecule has 1 unspecified atom stereocenters. The van der Waals surface area contributed by atoms with E-state index < -0.39 is 22.0 Å². The van der Waals surface area contributed by atoms with Crippen molar-refractivity contribution >= 4 is 27.7 Å². The fourth-order valence-corrected chi connectivity index (χ4v) is 5.68. The lowest BCUT2D eigenvalue weighted by atomic mass is 10.1. The number of nitrogens with one attached hydrogen (secondary N) is 1. The standard InChI is InChI=1S/C26H33N3O5S/c1-4-6-16-27-25(31)22(5-2)28(18-20-13-11-19(3)12-14-20)24(30)15-17-29-26(32)21-9-7-8-10-23(21)35(29,33)34/h7-14,22H,4-6,15-18H2,1-3H3,(H,27,31). The van der Waals surface area contributed by atoms with Crippen LogP contribution in [0.5, 0.6) is 0 Å². The molecule has 35 heavy (non-hydrogen) atoms. The molecule has 3 amide bonds. The monoisotopic (exact) mass is 499 g/mol. The van der Waals surface area contributed by atoms with Crippen LogP contribution in [0.3, 0.4) is 0 Å². The molecule has 1 atom stereocenters. The summed E-state index contributed by atoms with van der Waals surface area (Å²) in [6.07, 6.45) is 1.96. The molecule has 2 aromatic rings. The molecule has 1 N–H and O–H groups in total. The molecule has 1 aliphatic heterocycles. The average Bonchev–Trinajstić information content (AvgIpc) is 3.04. The Morgan fingerprint density at radius 3 is 2.37 bits per heavy atom. The van der Waals surface area contributed by atoms with E-state index in [4.69, 9.17) is 0 Å². The lowest BCUT2D eigenvalue weighted by molar-refractivity contribution is -0.141. The molecule has 0 saturated carbocycles. The van der Waals surface area contributed by atoms with Crippen LogP contribution >= 0.6 is 0 Å². The Morgan fingerprint density at radius 2 is 1.74 bits per heavy atom. The number of hydrogen-bond donors (Lipinski definition) is 1. The molecular formula is C26H33N3O5S. The van der Waals surface area contributed by atoms with Gasteiger partial charge in [0.1, 0.15) is 10.9 Å². The molecule has 0 bridgehead atoms. The van der Waals surface area contributed by atoms with Gasteiger partial charge in [0, 0.05) is 26.1 Å². The smallest absolute Gasteiger partial charge is 0.269 e. The molecule has 0 fully saturated rings. The van der Waals surface area contributed by atoms with Crippen molar-refractivity contribution < 1.29 is 22.8 Å². The van der Waals surface area contributed by atoms with Crippen molar-refractivity contribution in [2.45, 2.75) is 63.9 Å². The number of benzene rings is 2. The summed E-state index contributed by atoms with van der Waals surface area (Å²) in [6, 6.07) is 13.0. The van der Waals surface area contributed by atoms with Crippen LogP contribution in [0.2, 0.25) is 0 Å². The van der Waals surface area contributed by atoms with Gasteiger partial charge in [-0.1, -0.05) is 62.2 Å². The molecule has 1 aliphatic rings. The molecular weight excluding hydrogens is 466 g/mol. The first kappa shape index (κ1) is 26.4. The predicted octanol–water partition coefficient (Wildman–Crippen LogP) is 3.25. The molecule has 0 aromatic heterocycles. The van der Waals surface area contributed by atoms with Gasteiger partial charge in [0.2, 0.25) is 11.8 Å². The van der Waals surface area contributed by atoms with Gasteiger partial charge in [-0.05, 0) is 37.5 Å². The zero-order chi connectivity index (χ0) is 25.6. The third kappa shape index (κ3) is 5.90. The van der Waals surface area contributed by atoms with Gasteiger partial charge in [0.15, 0.2) is 0 Å². The van der Waals surface area contributed by atoms with Gasteiger partial charge in [-0.2, -0.15) is 0 Å². The minimum absolute atomic E-state index is 0.0457. The summed E-state index contributed by atoms with van der Waals surface area (Å²) in [5.41, 5.74) is 2.05. The Morgan fingerprint density at radius 1 is 1.06 bits per heavy atom. The number of carbonyl (C=O) groups excluding carboxylic acids is 3. The summed E-state index contributed by atoms with van der Waals surface area (Å²) in [5, 5.41) is 2.90. The third-order valence-electron chi connectivity index (χ3n) is 6.13. The van der Waals surface area contributed by atoms with Crippen LogP contribution in [0.25, 0.3) is 0 Å². The van der Waals surface area contributed by atoms with Gasteiger partial charge in [0.05, 0.1) is 5.56 Å². The summed E-state index contributed by atoms with van der Waals surface area (Å²) >= 11 is 0. The molecule has 9 heteroatoms. The van der Waals surface area contributed by atoms with E-state index in [9.17, 15) is 22.8 Å². The first-order valence-electron chi connectivity index (χ1n) is 12.0. The van der Waals surface area contributed by atoms with Crippen LogP contribution in [0.4, 0.5) is 0 Å². The summed E-state index contributed by atoms with van der Waals surface area (Å²) < 4.78 is 26.5. The lowest BCUT2D eigenvalue weighted by Gasteiger charge is -2.31. The van der Waals surface area contributed by atoms with Crippen molar-refractivity contribution in [2.75, 3.05) is 13.1 Å². The second-order valence-corrected chi connectivity index (χ2v) is 10.5. The minimum Gasteiger partial charge on any atom is -0.354 e. The minimum atomic E-state index is -4.00. The fourth-order valence-electron chi connectivity index (χ4n) is 4.11. The molecule has 0 spiro atoms. The van der Waals surface area contributed by atoms with Gasteiger partial charge in [0.25, 0.3) is 15.9 Å². The Hall–Kier alpha value is -3.20. The maximum atomic E-state index is 13.4. The highest BCUT2D eigenvalue weighted by atomic mass is 32.2. The van der Waals surface area contributed by atoms with Crippen LogP contribution in [-0.2, 0) is 26.2 Å². The number of hydrogen-bond acceptors (Lipinski definition) is 5. The van der Waals surface area contributed by atoms with Crippen molar-refractivity contribution in [2.24, 2.45) is 0 Å². The molecule has 0 saturated heterocycles. The average molecular weight is 500 g/mol. The zero-order valence-corrected chi connectivity index (χ0v) is 21.3. The van der Waals surface area contributed by atoms with Crippen LogP contribution in [0.1, 0.15) is 61.0 Å². The van der Waals surface area contributed by atoms with Gasteiger partial charge < -0.3 is 10.2 Å². The number of nitrogens with zero attached hydrogens (tertiary/aromatic N) is 2. The van der Waals surface area contributed by atoms with Crippen LogP contribution in [0, 0.1) is 6.92 Å².